The summed E-state index contributed by atoms with van der Waals surface area (Å²) in [5.74, 6) is -0.105. The summed E-state index contributed by atoms with van der Waals surface area (Å²) >= 11 is 11.9. The Morgan fingerprint density at radius 2 is 1.83 bits per heavy atom. The summed E-state index contributed by atoms with van der Waals surface area (Å²) in [6.07, 6.45) is 0.408. The molecule has 0 spiro atoms. The molecule has 2 aromatic rings. The summed E-state index contributed by atoms with van der Waals surface area (Å²) in [4.78, 5) is 26.1. The number of carbonyl (C=O) groups is 2. The van der Waals surface area contributed by atoms with Gasteiger partial charge in [-0.2, -0.15) is 0 Å². The molecule has 0 saturated carbocycles. The minimum Gasteiger partial charge on any atom is -0.352 e. The van der Waals surface area contributed by atoms with Crippen molar-refractivity contribution in [1.29, 1.82) is 0 Å². The number of halogens is 2. The number of rotatable bonds is 4. The molecule has 6 heteroatoms. The zero-order chi connectivity index (χ0) is 17.1. The molecule has 1 atom stereocenters. The molecular weight excluding hydrogens is 347 g/mol. The van der Waals surface area contributed by atoms with E-state index in [9.17, 15) is 9.59 Å². The van der Waals surface area contributed by atoms with Gasteiger partial charge in [0, 0.05) is 36.1 Å². The van der Waals surface area contributed by atoms with Gasteiger partial charge in [0.25, 0.3) is 5.91 Å². The number of nitrogens with one attached hydrogen (secondary N) is 1. The number of benzene rings is 2. The van der Waals surface area contributed by atoms with Gasteiger partial charge < -0.3 is 10.2 Å². The van der Waals surface area contributed by atoms with Gasteiger partial charge in [-0.15, -0.1) is 0 Å². The van der Waals surface area contributed by atoms with E-state index in [0.717, 1.165) is 5.69 Å². The first-order valence-corrected chi connectivity index (χ1v) is 8.39. The molecule has 124 valence electrons. The fourth-order valence-electron chi connectivity index (χ4n) is 2.77. The molecule has 3 rings (SSSR count). The summed E-state index contributed by atoms with van der Waals surface area (Å²) in [7, 11) is 0. The van der Waals surface area contributed by atoms with Crippen LogP contribution in [0.1, 0.15) is 16.8 Å². The minimum absolute atomic E-state index is 0.0503. The molecule has 0 aromatic heterocycles. The maximum absolute atomic E-state index is 12.2. The van der Waals surface area contributed by atoms with Crippen molar-refractivity contribution in [2.75, 3.05) is 18.0 Å². The van der Waals surface area contributed by atoms with E-state index in [1.54, 1.807) is 41.3 Å². The third-order valence-corrected chi connectivity index (χ3v) is 4.59. The molecule has 1 aliphatic heterocycles. The summed E-state index contributed by atoms with van der Waals surface area (Å²) in [5.41, 5.74) is 1.27. The number of amides is 2. The van der Waals surface area contributed by atoms with Crippen molar-refractivity contribution in [2.45, 2.75) is 6.42 Å². The highest BCUT2D eigenvalue weighted by Crippen LogP contribution is 2.26. The Hall–Kier alpha value is -2.04. The molecular formula is C18H16Cl2N2O2. The van der Waals surface area contributed by atoms with Crippen molar-refractivity contribution in [1.82, 2.24) is 5.32 Å². The van der Waals surface area contributed by atoms with Crippen LogP contribution in [-0.2, 0) is 4.79 Å². The largest absolute Gasteiger partial charge is 0.352 e. The maximum Gasteiger partial charge on any atom is 0.252 e. The van der Waals surface area contributed by atoms with E-state index in [0.29, 0.717) is 35.1 Å². The van der Waals surface area contributed by atoms with E-state index in [-0.39, 0.29) is 17.7 Å². The van der Waals surface area contributed by atoms with Crippen LogP contribution in [0.3, 0.4) is 0 Å². The summed E-state index contributed by atoms with van der Waals surface area (Å²) in [6, 6.07) is 14.1. The Balaban J connectivity index is 1.59. The summed E-state index contributed by atoms with van der Waals surface area (Å²) in [5, 5.41) is 3.91. The first-order chi connectivity index (χ1) is 11.5. The zero-order valence-corrected chi connectivity index (χ0v) is 14.3. The molecule has 2 amide bonds. The number of anilines is 1. The van der Waals surface area contributed by atoms with Gasteiger partial charge in [0.2, 0.25) is 5.91 Å². The normalized spacial score (nSPS) is 17.2. The molecule has 1 fully saturated rings. The molecule has 0 aliphatic carbocycles. The third kappa shape index (κ3) is 3.71. The Morgan fingerprint density at radius 3 is 2.54 bits per heavy atom. The number of hydrogen-bond donors (Lipinski definition) is 1. The highest BCUT2D eigenvalue weighted by molar-refractivity contribution is 6.33. The molecule has 1 heterocycles. The quantitative estimate of drug-likeness (QED) is 0.899. The highest BCUT2D eigenvalue weighted by Gasteiger charge is 2.30. The van der Waals surface area contributed by atoms with Gasteiger partial charge in [-0.1, -0.05) is 35.3 Å². The molecule has 0 radical (unpaired) electrons. The Labute approximate surface area is 150 Å². The Morgan fingerprint density at radius 1 is 1.12 bits per heavy atom. The van der Waals surface area contributed by atoms with Crippen LogP contribution in [0.4, 0.5) is 5.69 Å². The van der Waals surface area contributed by atoms with E-state index in [2.05, 4.69) is 5.32 Å². The summed E-state index contributed by atoms with van der Waals surface area (Å²) < 4.78 is 0. The van der Waals surface area contributed by atoms with Crippen LogP contribution < -0.4 is 10.2 Å². The average molecular weight is 363 g/mol. The molecule has 2 aromatic carbocycles. The van der Waals surface area contributed by atoms with Gasteiger partial charge in [0.15, 0.2) is 0 Å². The van der Waals surface area contributed by atoms with Gasteiger partial charge in [0.1, 0.15) is 0 Å². The first-order valence-electron chi connectivity index (χ1n) is 7.63. The van der Waals surface area contributed by atoms with Crippen LogP contribution in [0.5, 0.6) is 0 Å². The van der Waals surface area contributed by atoms with Crippen LogP contribution in [0.25, 0.3) is 0 Å². The minimum atomic E-state index is -0.224. The van der Waals surface area contributed by atoms with E-state index in [4.69, 9.17) is 23.2 Å². The second-order valence-corrected chi connectivity index (χ2v) is 6.58. The van der Waals surface area contributed by atoms with Gasteiger partial charge in [-0.25, -0.2) is 0 Å². The first kappa shape index (κ1) is 16.8. The van der Waals surface area contributed by atoms with Crippen molar-refractivity contribution >= 4 is 40.7 Å². The van der Waals surface area contributed by atoms with Gasteiger partial charge in [-0.05, 0) is 36.4 Å². The van der Waals surface area contributed by atoms with E-state index in [1.807, 2.05) is 12.1 Å². The van der Waals surface area contributed by atoms with Crippen molar-refractivity contribution in [3.8, 4) is 0 Å². The smallest absolute Gasteiger partial charge is 0.252 e. The van der Waals surface area contributed by atoms with Crippen LogP contribution in [0.15, 0.2) is 48.5 Å². The molecule has 1 aliphatic rings. The lowest BCUT2D eigenvalue weighted by Gasteiger charge is -2.17. The topological polar surface area (TPSA) is 49.4 Å². The molecule has 0 bridgehead atoms. The monoisotopic (exact) mass is 362 g/mol. The number of carbonyl (C=O) groups excluding carboxylic acids is 2. The molecule has 1 N–H and O–H groups in total. The third-order valence-electron chi connectivity index (χ3n) is 4.01. The van der Waals surface area contributed by atoms with Crippen molar-refractivity contribution in [3.05, 3.63) is 64.1 Å². The van der Waals surface area contributed by atoms with E-state index >= 15 is 0 Å². The van der Waals surface area contributed by atoms with Gasteiger partial charge >= 0.3 is 0 Å². The summed E-state index contributed by atoms with van der Waals surface area (Å²) in [6.45, 7) is 1.00. The fourth-order valence-corrected chi connectivity index (χ4v) is 3.11. The van der Waals surface area contributed by atoms with Gasteiger partial charge in [0.05, 0.1) is 10.6 Å². The molecule has 0 unspecified atom stereocenters. The Bertz CT molecular complexity index is 762. The standard InChI is InChI=1S/C18H16Cl2N2O2/c19-13-5-7-14(8-6-13)22-11-12(9-17(22)23)10-21-18(24)15-3-1-2-4-16(15)20/h1-8,12H,9-11H2,(H,21,24)/t12-/m1/s1. The lowest BCUT2D eigenvalue weighted by molar-refractivity contribution is -0.117. The van der Waals surface area contributed by atoms with Crippen LogP contribution in [0.2, 0.25) is 10.0 Å². The second kappa shape index (κ2) is 7.24. The van der Waals surface area contributed by atoms with Crippen molar-refractivity contribution in [2.24, 2.45) is 5.92 Å². The number of hydrogen-bond acceptors (Lipinski definition) is 2. The van der Waals surface area contributed by atoms with Crippen LogP contribution >= 0.6 is 23.2 Å². The zero-order valence-electron chi connectivity index (χ0n) is 12.8. The van der Waals surface area contributed by atoms with Crippen LogP contribution in [-0.4, -0.2) is 24.9 Å². The number of nitrogens with zero attached hydrogens (tertiary/aromatic N) is 1. The fraction of sp³-hybridized carbons (Fsp3) is 0.222. The van der Waals surface area contributed by atoms with Gasteiger partial charge in [-0.3, -0.25) is 9.59 Å². The predicted octanol–water partition coefficient (Wildman–Crippen LogP) is 3.78. The van der Waals surface area contributed by atoms with Crippen molar-refractivity contribution in [3.63, 3.8) is 0 Å². The lowest BCUT2D eigenvalue weighted by Crippen LogP contribution is -2.31. The van der Waals surface area contributed by atoms with Crippen LogP contribution in [0, 0.1) is 5.92 Å². The van der Waals surface area contributed by atoms with E-state index < -0.39 is 0 Å². The molecule has 1 saturated heterocycles. The van der Waals surface area contributed by atoms with E-state index in [1.165, 1.54) is 0 Å². The average Bonchev–Trinajstić information content (AvgIpc) is 2.95. The molecule has 4 nitrogen and oxygen atoms in total. The maximum atomic E-state index is 12.2. The SMILES string of the molecule is O=C(NC[C@H]1CC(=O)N(c2ccc(Cl)cc2)C1)c1ccccc1Cl. The predicted molar refractivity (Wildman–Crippen MR) is 95.7 cm³/mol. The van der Waals surface area contributed by atoms with Crippen molar-refractivity contribution < 1.29 is 9.59 Å². The highest BCUT2D eigenvalue weighted by atomic mass is 35.5. The Kier molecular flexibility index (Phi) is 5.07. The molecule has 24 heavy (non-hydrogen) atoms. The second-order valence-electron chi connectivity index (χ2n) is 5.74. The lowest BCUT2D eigenvalue weighted by atomic mass is 10.1.